The summed E-state index contributed by atoms with van der Waals surface area (Å²) in [5, 5.41) is 0. The van der Waals surface area contributed by atoms with Crippen LogP contribution >= 0.6 is 0 Å². The molecule has 0 bridgehead atoms. The minimum Gasteiger partial charge on any atom is -0.465 e. The molecule has 0 amide bonds. The van der Waals surface area contributed by atoms with Gasteiger partial charge in [0.1, 0.15) is 0 Å². The maximum Gasteiger partial charge on any atom is 0.314 e. The summed E-state index contributed by atoms with van der Waals surface area (Å²) < 4.78 is 11.3. The highest BCUT2D eigenvalue weighted by Crippen LogP contribution is 2.35. The molecule has 0 N–H and O–H groups in total. The second-order valence-corrected chi connectivity index (χ2v) is 9.18. The smallest absolute Gasteiger partial charge is 0.314 e. The highest BCUT2D eigenvalue weighted by Gasteiger charge is 2.38. The summed E-state index contributed by atoms with van der Waals surface area (Å²) in [5.41, 5.74) is 1.52. The number of hydrogen-bond donors (Lipinski definition) is 0. The number of rotatable bonds is 13. The van der Waals surface area contributed by atoms with E-state index in [2.05, 4.69) is 27.7 Å². The van der Waals surface area contributed by atoms with Gasteiger partial charge in [-0.1, -0.05) is 88.4 Å². The number of hydrogen-bond acceptors (Lipinski definition) is 4. The van der Waals surface area contributed by atoms with Crippen LogP contribution in [-0.2, 0) is 19.1 Å². The fraction of sp³-hybridized carbons (Fsp3) is 0.500. The normalized spacial score (nSPS) is 13.1. The molecule has 0 aliphatic heterocycles. The van der Waals surface area contributed by atoms with Gasteiger partial charge in [0, 0.05) is 0 Å². The van der Waals surface area contributed by atoms with Crippen LogP contribution in [0.15, 0.2) is 60.7 Å². The van der Waals surface area contributed by atoms with Gasteiger partial charge in [0.2, 0.25) is 0 Å². The quantitative estimate of drug-likeness (QED) is 0.264. The van der Waals surface area contributed by atoms with Gasteiger partial charge in [-0.05, 0) is 48.6 Å². The molecular weight excluding hydrogens is 400 g/mol. The van der Waals surface area contributed by atoms with Gasteiger partial charge in [0.25, 0.3) is 0 Å². The Balaban J connectivity index is 2.28. The third-order valence-electron chi connectivity index (χ3n) is 5.50. The minimum atomic E-state index is -0.754. The lowest BCUT2D eigenvalue weighted by atomic mass is 9.81. The van der Waals surface area contributed by atoms with Crippen molar-refractivity contribution >= 4 is 11.9 Å². The molecule has 4 heteroatoms. The van der Waals surface area contributed by atoms with Crippen LogP contribution in [0, 0.1) is 11.8 Å². The van der Waals surface area contributed by atoms with Crippen molar-refractivity contribution in [3.8, 4) is 0 Å². The number of carbonyl (C=O) groups excluding carboxylic acids is 2. The zero-order valence-corrected chi connectivity index (χ0v) is 20.0. The van der Waals surface area contributed by atoms with Gasteiger partial charge < -0.3 is 9.47 Å². The Morgan fingerprint density at radius 3 is 1.28 bits per heavy atom. The van der Waals surface area contributed by atoms with Crippen molar-refractivity contribution in [1.82, 2.24) is 0 Å². The molecular formula is C28H38O4. The van der Waals surface area contributed by atoms with Crippen molar-refractivity contribution in [3.63, 3.8) is 0 Å². The van der Waals surface area contributed by atoms with E-state index in [0.717, 1.165) is 36.8 Å². The predicted octanol–water partition coefficient (Wildman–Crippen LogP) is 6.51. The Morgan fingerprint density at radius 1 is 0.625 bits per heavy atom. The highest BCUT2D eigenvalue weighted by molar-refractivity contribution is 5.90. The van der Waals surface area contributed by atoms with Gasteiger partial charge in [-0.2, -0.15) is 0 Å². The SMILES string of the molecule is CC(C)CCCOC(=O)C(c1ccccc1)C(C(=O)OCCCC(C)C)c1ccccc1. The molecule has 0 aromatic heterocycles. The zero-order chi connectivity index (χ0) is 23.3. The van der Waals surface area contributed by atoms with E-state index in [4.69, 9.17) is 9.47 Å². The maximum atomic E-state index is 13.3. The van der Waals surface area contributed by atoms with E-state index in [1.165, 1.54) is 0 Å². The van der Waals surface area contributed by atoms with Crippen LogP contribution in [0.1, 0.15) is 76.3 Å². The van der Waals surface area contributed by atoms with Crippen molar-refractivity contribution in [3.05, 3.63) is 71.8 Å². The van der Waals surface area contributed by atoms with Crippen molar-refractivity contribution in [1.29, 1.82) is 0 Å². The maximum absolute atomic E-state index is 13.3. The molecule has 0 heterocycles. The van der Waals surface area contributed by atoms with Crippen LogP contribution in [0.3, 0.4) is 0 Å². The Labute approximate surface area is 193 Å². The molecule has 0 saturated heterocycles. The molecule has 0 radical (unpaired) electrons. The molecule has 0 fully saturated rings. The van der Waals surface area contributed by atoms with Crippen molar-refractivity contribution in [2.45, 2.75) is 65.2 Å². The van der Waals surface area contributed by atoms with Crippen LogP contribution in [0.4, 0.5) is 0 Å². The first kappa shape index (κ1) is 25.6. The molecule has 0 spiro atoms. The fourth-order valence-electron chi connectivity index (χ4n) is 3.76. The second kappa shape index (κ2) is 13.7. The second-order valence-electron chi connectivity index (χ2n) is 9.18. The third kappa shape index (κ3) is 8.49. The average Bonchev–Trinajstić information content (AvgIpc) is 2.78. The van der Waals surface area contributed by atoms with E-state index in [9.17, 15) is 9.59 Å². The number of ether oxygens (including phenoxy) is 2. The first-order valence-corrected chi connectivity index (χ1v) is 11.8. The van der Waals surface area contributed by atoms with Crippen LogP contribution in [-0.4, -0.2) is 25.2 Å². The van der Waals surface area contributed by atoms with Gasteiger partial charge in [-0.15, -0.1) is 0 Å². The number of carbonyl (C=O) groups is 2. The zero-order valence-electron chi connectivity index (χ0n) is 20.0. The van der Waals surface area contributed by atoms with E-state index in [1.807, 2.05) is 60.7 Å². The van der Waals surface area contributed by atoms with Crippen molar-refractivity contribution in [2.24, 2.45) is 11.8 Å². The molecule has 2 aromatic rings. The molecule has 0 aliphatic rings. The Hall–Kier alpha value is -2.62. The summed E-state index contributed by atoms with van der Waals surface area (Å²) in [6, 6.07) is 18.8. The lowest BCUT2D eigenvalue weighted by molar-refractivity contribution is -0.154. The van der Waals surface area contributed by atoms with Crippen LogP contribution in [0.2, 0.25) is 0 Å². The Kier molecular flexibility index (Phi) is 11.0. The molecule has 32 heavy (non-hydrogen) atoms. The van der Waals surface area contributed by atoms with E-state index in [1.54, 1.807) is 0 Å². The third-order valence-corrected chi connectivity index (χ3v) is 5.50. The topological polar surface area (TPSA) is 52.6 Å². The van der Waals surface area contributed by atoms with E-state index in [0.29, 0.717) is 25.0 Å². The van der Waals surface area contributed by atoms with Gasteiger partial charge in [-0.3, -0.25) is 9.59 Å². The molecule has 2 rings (SSSR count). The molecule has 0 aliphatic carbocycles. The van der Waals surface area contributed by atoms with Crippen molar-refractivity contribution in [2.75, 3.05) is 13.2 Å². The van der Waals surface area contributed by atoms with Gasteiger partial charge in [0.15, 0.2) is 0 Å². The first-order valence-electron chi connectivity index (χ1n) is 11.8. The van der Waals surface area contributed by atoms with Crippen LogP contribution < -0.4 is 0 Å². The van der Waals surface area contributed by atoms with Gasteiger partial charge in [0.05, 0.1) is 25.0 Å². The Bertz CT molecular complexity index is 729. The van der Waals surface area contributed by atoms with Gasteiger partial charge in [-0.25, -0.2) is 0 Å². The van der Waals surface area contributed by atoms with Gasteiger partial charge >= 0.3 is 11.9 Å². The van der Waals surface area contributed by atoms with E-state index >= 15 is 0 Å². The molecule has 4 nitrogen and oxygen atoms in total. The lowest BCUT2D eigenvalue weighted by Crippen LogP contribution is -2.30. The summed E-state index contributed by atoms with van der Waals surface area (Å²) in [6.45, 7) is 9.30. The molecule has 2 atom stereocenters. The Morgan fingerprint density at radius 2 is 0.969 bits per heavy atom. The summed E-state index contributed by atoms with van der Waals surface area (Å²) in [5.74, 6) is -1.17. The largest absolute Gasteiger partial charge is 0.465 e. The first-order chi connectivity index (χ1) is 15.4. The van der Waals surface area contributed by atoms with E-state index in [-0.39, 0.29) is 11.9 Å². The van der Waals surface area contributed by atoms with Crippen LogP contribution in [0.25, 0.3) is 0 Å². The monoisotopic (exact) mass is 438 g/mol. The number of benzene rings is 2. The standard InChI is InChI=1S/C28H38O4/c1-21(2)13-11-19-31-27(29)25(23-15-7-5-8-16-23)26(24-17-9-6-10-18-24)28(30)32-20-12-14-22(3)4/h5-10,15-18,21-22,25-26H,11-14,19-20H2,1-4H3. The summed E-state index contributed by atoms with van der Waals surface area (Å²) >= 11 is 0. The summed E-state index contributed by atoms with van der Waals surface area (Å²) in [7, 11) is 0. The average molecular weight is 439 g/mol. The highest BCUT2D eigenvalue weighted by atomic mass is 16.5. The fourth-order valence-corrected chi connectivity index (χ4v) is 3.76. The lowest BCUT2D eigenvalue weighted by Gasteiger charge is -2.25. The van der Waals surface area contributed by atoms with E-state index < -0.39 is 11.8 Å². The summed E-state index contributed by atoms with van der Waals surface area (Å²) in [4.78, 5) is 26.6. The molecule has 174 valence electrons. The minimum absolute atomic E-state index is 0.352. The van der Waals surface area contributed by atoms with Crippen molar-refractivity contribution < 1.29 is 19.1 Å². The molecule has 0 saturated carbocycles. The molecule has 2 unspecified atom stereocenters. The summed E-state index contributed by atoms with van der Waals surface area (Å²) in [6.07, 6.45) is 3.59. The van der Waals surface area contributed by atoms with Crippen LogP contribution in [0.5, 0.6) is 0 Å². The number of esters is 2. The molecule has 2 aromatic carbocycles. The predicted molar refractivity (Wildman–Crippen MR) is 128 cm³/mol.